The van der Waals surface area contributed by atoms with Crippen molar-refractivity contribution >= 4 is 33.7 Å². The van der Waals surface area contributed by atoms with Gasteiger partial charge < -0.3 is 9.55 Å². The molecule has 4 rings (SSSR count). The summed E-state index contributed by atoms with van der Waals surface area (Å²) < 4.78 is 2.20. The van der Waals surface area contributed by atoms with Gasteiger partial charge in [0.15, 0.2) is 5.65 Å². The number of rotatable bonds is 1. The molecule has 19 heavy (non-hydrogen) atoms. The first-order valence-corrected chi connectivity index (χ1v) is 7.13. The summed E-state index contributed by atoms with van der Waals surface area (Å²) in [5, 5.41) is 1.52. The van der Waals surface area contributed by atoms with E-state index in [9.17, 15) is 0 Å². The number of nitrogens with zero attached hydrogens (tertiary/aromatic N) is 3. The van der Waals surface area contributed by atoms with Gasteiger partial charge in [-0.05, 0) is 25.8 Å². The average Bonchev–Trinajstić information content (AvgIpc) is 3.04. The van der Waals surface area contributed by atoms with Crippen LogP contribution >= 0.6 is 11.6 Å². The second-order valence-corrected chi connectivity index (χ2v) is 5.76. The van der Waals surface area contributed by atoms with Crippen LogP contribution in [0.4, 0.5) is 0 Å². The third-order valence-corrected chi connectivity index (χ3v) is 4.39. The normalized spacial score (nSPS) is 16.9. The minimum absolute atomic E-state index is 0.530. The summed E-state index contributed by atoms with van der Waals surface area (Å²) in [4.78, 5) is 12.5. The van der Waals surface area contributed by atoms with Crippen molar-refractivity contribution in [3.05, 3.63) is 23.2 Å². The Balaban J connectivity index is 2.03. The van der Waals surface area contributed by atoms with Crippen molar-refractivity contribution in [3.8, 4) is 0 Å². The van der Waals surface area contributed by atoms with Gasteiger partial charge in [0.25, 0.3) is 0 Å². The summed E-state index contributed by atoms with van der Waals surface area (Å²) in [5.74, 6) is 0. The first-order chi connectivity index (χ1) is 9.24. The molecule has 3 heterocycles. The Morgan fingerprint density at radius 1 is 1.37 bits per heavy atom. The number of imidazole rings is 1. The monoisotopic (exact) mass is 274 g/mol. The molecule has 1 aliphatic carbocycles. The quantitative estimate of drug-likeness (QED) is 0.682. The van der Waals surface area contributed by atoms with Gasteiger partial charge in [0.2, 0.25) is 0 Å². The molecule has 0 amide bonds. The fraction of sp³-hybridized carbons (Fsp3) is 0.429. The minimum atomic E-state index is 0.530. The summed E-state index contributed by atoms with van der Waals surface area (Å²) in [5.41, 5.74) is 3.93. The molecular formula is C14H15ClN4. The van der Waals surface area contributed by atoms with Gasteiger partial charge in [-0.15, -0.1) is 0 Å². The van der Waals surface area contributed by atoms with E-state index in [0.29, 0.717) is 11.2 Å². The standard InChI is InChI=1S/C14H15ClN4/c1-8-6-10-11(17-8)12-14(18-13(10)15)19(7-16-12)9-4-2-3-5-9/h6-7,9,17H,2-5H2,1H3. The third kappa shape index (κ3) is 1.59. The third-order valence-electron chi connectivity index (χ3n) is 4.10. The highest BCUT2D eigenvalue weighted by Crippen LogP contribution is 2.34. The number of pyridine rings is 1. The van der Waals surface area contributed by atoms with Crippen molar-refractivity contribution in [2.45, 2.75) is 38.6 Å². The fourth-order valence-electron chi connectivity index (χ4n) is 3.18. The molecular weight excluding hydrogens is 260 g/mol. The zero-order chi connectivity index (χ0) is 13.0. The van der Waals surface area contributed by atoms with E-state index < -0.39 is 0 Å². The van der Waals surface area contributed by atoms with Crippen molar-refractivity contribution in [3.63, 3.8) is 0 Å². The molecule has 1 fully saturated rings. The Bertz CT molecular complexity index is 765. The molecule has 1 N–H and O–H groups in total. The SMILES string of the molecule is Cc1cc2c(Cl)nc3c(ncn3C3CCCC3)c2[nH]1. The van der Waals surface area contributed by atoms with Crippen LogP contribution < -0.4 is 0 Å². The second-order valence-electron chi connectivity index (χ2n) is 5.41. The molecule has 0 spiro atoms. The van der Waals surface area contributed by atoms with E-state index in [2.05, 4.69) is 19.5 Å². The lowest BCUT2D eigenvalue weighted by atomic mass is 10.2. The van der Waals surface area contributed by atoms with E-state index in [1.165, 1.54) is 25.7 Å². The van der Waals surface area contributed by atoms with E-state index in [-0.39, 0.29) is 0 Å². The van der Waals surface area contributed by atoms with Crippen molar-refractivity contribution in [1.29, 1.82) is 0 Å². The molecule has 4 nitrogen and oxygen atoms in total. The summed E-state index contributed by atoms with van der Waals surface area (Å²) >= 11 is 6.31. The molecule has 0 unspecified atom stereocenters. The van der Waals surface area contributed by atoms with E-state index in [1.54, 1.807) is 0 Å². The van der Waals surface area contributed by atoms with Gasteiger partial charge in [0.1, 0.15) is 10.7 Å². The maximum absolute atomic E-state index is 6.31. The van der Waals surface area contributed by atoms with Crippen molar-refractivity contribution < 1.29 is 0 Å². The number of H-pyrrole nitrogens is 1. The predicted molar refractivity (Wildman–Crippen MR) is 76.6 cm³/mol. The van der Waals surface area contributed by atoms with Gasteiger partial charge in [-0.1, -0.05) is 24.4 Å². The topological polar surface area (TPSA) is 46.5 Å². The lowest BCUT2D eigenvalue weighted by Gasteiger charge is -2.11. The Hall–Kier alpha value is -1.55. The summed E-state index contributed by atoms with van der Waals surface area (Å²) in [6.07, 6.45) is 6.93. The maximum atomic E-state index is 6.31. The van der Waals surface area contributed by atoms with E-state index in [1.807, 2.05) is 19.3 Å². The van der Waals surface area contributed by atoms with Gasteiger partial charge in [-0.3, -0.25) is 0 Å². The van der Waals surface area contributed by atoms with Crippen LogP contribution in [0.1, 0.15) is 37.4 Å². The Kier molecular flexibility index (Phi) is 2.36. The van der Waals surface area contributed by atoms with Crippen LogP contribution in [0, 0.1) is 6.92 Å². The van der Waals surface area contributed by atoms with Gasteiger partial charge in [-0.2, -0.15) is 0 Å². The van der Waals surface area contributed by atoms with Crippen LogP contribution in [-0.2, 0) is 0 Å². The Morgan fingerprint density at radius 2 is 2.16 bits per heavy atom. The molecule has 1 aliphatic rings. The molecule has 0 saturated heterocycles. The van der Waals surface area contributed by atoms with Crippen molar-refractivity contribution in [2.75, 3.05) is 0 Å². The second kappa shape index (κ2) is 3.97. The van der Waals surface area contributed by atoms with Crippen LogP contribution in [-0.4, -0.2) is 19.5 Å². The largest absolute Gasteiger partial charge is 0.357 e. The van der Waals surface area contributed by atoms with Gasteiger partial charge in [-0.25, -0.2) is 9.97 Å². The Labute approximate surface area is 115 Å². The van der Waals surface area contributed by atoms with Crippen LogP contribution in [0.2, 0.25) is 5.15 Å². The zero-order valence-corrected chi connectivity index (χ0v) is 11.5. The van der Waals surface area contributed by atoms with Gasteiger partial charge in [0, 0.05) is 17.1 Å². The Morgan fingerprint density at radius 3 is 2.95 bits per heavy atom. The number of hydrogen-bond acceptors (Lipinski definition) is 2. The highest BCUT2D eigenvalue weighted by atomic mass is 35.5. The van der Waals surface area contributed by atoms with Crippen LogP contribution in [0.25, 0.3) is 22.1 Å². The minimum Gasteiger partial charge on any atom is -0.357 e. The molecule has 0 radical (unpaired) electrons. The van der Waals surface area contributed by atoms with E-state index in [0.717, 1.165) is 27.8 Å². The lowest BCUT2D eigenvalue weighted by Crippen LogP contribution is -2.03. The first kappa shape index (κ1) is 11.3. The molecule has 0 aromatic carbocycles. The molecule has 98 valence electrons. The molecule has 0 bridgehead atoms. The van der Waals surface area contributed by atoms with Crippen LogP contribution in [0.3, 0.4) is 0 Å². The average molecular weight is 275 g/mol. The fourth-order valence-corrected chi connectivity index (χ4v) is 3.41. The number of nitrogens with one attached hydrogen (secondary N) is 1. The maximum Gasteiger partial charge on any atom is 0.163 e. The summed E-state index contributed by atoms with van der Waals surface area (Å²) in [7, 11) is 0. The predicted octanol–water partition coefficient (Wildman–Crippen LogP) is 3.99. The van der Waals surface area contributed by atoms with Gasteiger partial charge >= 0.3 is 0 Å². The van der Waals surface area contributed by atoms with E-state index in [4.69, 9.17) is 11.6 Å². The number of aryl methyl sites for hydroxylation is 1. The van der Waals surface area contributed by atoms with E-state index >= 15 is 0 Å². The molecule has 0 atom stereocenters. The highest BCUT2D eigenvalue weighted by molar-refractivity contribution is 6.35. The lowest BCUT2D eigenvalue weighted by molar-refractivity contribution is 0.529. The number of halogens is 1. The summed E-state index contributed by atoms with van der Waals surface area (Å²) in [6.45, 7) is 2.02. The van der Waals surface area contributed by atoms with Crippen molar-refractivity contribution in [1.82, 2.24) is 19.5 Å². The van der Waals surface area contributed by atoms with Gasteiger partial charge in [0.05, 0.1) is 11.8 Å². The summed E-state index contributed by atoms with van der Waals surface area (Å²) in [6, 6.07) is 2.56. The first-order valence-electron chi connectivity index (χ1n) is 6.75. The molecule has 1 saturated carbocycles. The zero-order valence-electron chi connectivity index (χ0n) is 10.8. The van der Waals surface area contributed by atoms with Crippen LogP contribution in [0.15, 0.2) is 12.4 Å². The molecule has 0 aliphatic heterocycles. The highest BCUT2D eigenvalue weighted by Gasteiger charge is 2.21. The number of aromatic nitrogens is 4. The van der Waals surface area contributed by atoms with Crippen molar-refractivity contribution in [2.24, 2.45) is 0 Å². The number of hydrogen-bond donors (Lipinski definition) is 1. The molecule has 3 aromatic heterocycles. The molecule has 3 aromatic rings. The smallest absolute Gasteiger partial charge is 0.163 e. The number of aromatic amines is 1. The molecule has 5 heteroatoms. The van der Waals surface area contributed by atoms with Crippen LogP contribution in [0.5, 0.6) is 0 Å². The number of fused-ring (bicyclic) bond motifs is 3.